The van der Waals surface area contributed by atoms with Crippen molar-refractivity contribution < 1.29 is 28.0 Å². The van der Waals surface area contributed by atoms with Gasteiger partial charge in [0.15, 0.2) is 14.6 Å². The number of hydroxylamine groups is 1. The number of methoxy groups -OCH3 is 1. The number of benzene rings is 2. The van der Waals surface area contributed by atoms with Crippen molar-refractivity contribution in [3.05, 3.63) is 53.6 Å². The van der Waals surface area contributed by atoms with Gasteiger partial charge in [0.1, 0.15) is 5.75 Å². The highest BCUT2D eigenvalue weighted by molar-refractivity contribution is 7.92. The predicted octanol–water partition coefficient (Wildman–Crippen LogP) is 2.02. The van der Waals surface area contributed by atoms with Gasteiger partial charge in [-0.2, -0.15) is 0 Å². The summed E-state index contributed by atoms with van der Waals surface area (Å²) in [6.45, 7) is 1.62. The highest BCUT2D eigenvalue weighted by atomic mass is 32.2. The molecule has 2 N–H and O–H groups in total. The Labute approximate surface area is 175 Å². The second-order valence-electron chi connectivity index (χ2n) is 7.52. The quantitative estimate of drug-likeness (QED) is 0.511. The molecule has 0 saturated carbocycles. The molecule has 0 bridgehead atoms. The van der Waals surface area contributed by atoms with E-state index < -0.39 is 20.5 Å². The van der Waals surface area contributed by atoms with Crippen LogP contribution in [0.3, 0.4) is 0 Å². The summed E-state index contributed by atoms with van der Waals surface area (Å²) >= 11 is 0. The molecule has 2 aromatic carbocycles. The van der Waals surface area contributed by atoms with Gasteiger partial charge in [0.2, 0.25) is 0 Å². The number of nitrogens with zero attached hydrogens (tertiary/aromatic N) is 1. The van der Waals surface area contributed by atoms with Crippen LogP contribution < -0.4 is 10.2 Å². The molecule has 2 aromatic rings. The fourth-order valence-corrected chi connectivity index (χ4v) is 4.30. The molecule has 9 heteroatoms. The molecule has 8 nitrogen and oxygen atoms in total. The van der Waals surface area contributed by atoms with E-state index in [1.807, 2.05) is 36.4 Å². The van der Waals surface area contributed by atoms with Crippen LogP contribution in [0.5, 0.6) is 5.75 Å². The largest absolute Gasteiger partial charge is 0.497 e. The molecule has 0 saturated heterocycles. The summed E-state index contributed by atoms with van der Waals surface area (Å²) in [6, 6.07) is 13.1. The number of ether oxygens (including phenoxy) is 1. The fourth-order valence-electron chi connectivity index (χ4n) is 3.46. The lowest BCUT2D eigenvalue weighted by atomic mass is 10.0. The molecule has 1 heterocycles. The van der Waals surface area contributed by atoms with E-state index in [0.717, 1.165) is 28.7 Å². The molecule has 0 spiro atoms. The maximum Gasteiger partial charge on any atom is 0.264 e. The minimum atomic E-state index is -3.82. The molecule has 2 amide bonds. The number of hydrogen-bond acceptors (Lipinski definition) is 6. The van der Waals surface area contributed by atoms with E-state index in [1.54, 1.807) is 13.2 Å². The first-order valence-electron chi connectivity index (χ1n) is 9.31. The van der Waals surface area contributed by atoms with E-state index in [2.05, 4.69) is 0 Å². The Morgan fingerprint density at radius 1 is 1.20 bits per heavy atom. The van der Waals surface area contributed by atoms with Gasteiger partial charge in [-0.15, -0.1) is 0 Å². The van der Waals surface area contributed by atoms with E-state index >= 15 is 0 Å². The first kappa shape index (κ1) is 21.8. The van der Waals surface area contributed by atoms with Gasteiger partial charge < -0.3 is 9.64 Å². The minimum Gasteiger partial charge on any atom is -0.497 e. The van der Waals surface area contributed by atoms with Crippen molar-refractivity contribution in [2.75, 3.05) is 19.9 Å². The first-order chi connectivity index (χ1) is 14.1. The zero-order chi connectivity index (χ0) is 22.1. The Bertz CT molecular complexity index is 1080. The molecule has 3 rings (SSSR count). The van der Waals surface area contributed by atoms with Crippen LogP contribution in [0.25, 0.3) is 11.1 Å². The third-order valence-corrected chi connectivity index (χ3v) is 7.69. The molecule has 0 unspecified atom stereocenters. The molecule has 0 aromatic heterocycles. The Kier molecular flexibility index (Phi) is 5.87. The number of nitrogens with one attached hydrogen (secondary N) is 1. The second-order valence-corrected chi connectivity index (χ2v) is 9.97. The number of rotatable bonds is 7. The number of sulfone groups is 1. The van der Waals surface area contributed by atoms with Crippen molar-refractivity contribution in [2.24, 2.45) is 0 Å². The highest BCUT2D eigenvalue weighted by Crippen LogP contribution is 2.31. The van der Waals surface area contributed by atoms with E-state index in [1.165, 1.54) is 17.3 Å². The van der Waals surface area contributed by atoms with E-state index in [0.29, 0.717) is 12.1 Å². The lowest BCUT2D eigenvalue weighted by Crippen LogP contribution is -2.50. The first-order valence-corrected chi connectivity index (χ1v) is 11.2. The van der Waals surface area contributed by atoms with E-state index in [-0.39, 0.29) is 18.9 Å². The SMILES string of the molecule is COc1ccc(-c2ccc3c(c2)CN(CC[C@](C)(C(=O)NO)S(C)(=O)=O)C3=O)cc1. The molecule has 1 atom stereocenters. The summed E-state index contributed by atoms with van der Waals surface area (Å²) in [5.41, 5.74) is 4.74. The summed E-state index contributed by atoms with van der Waals surface area (Å²) in [5.74, 6) is -0.482. The smallest absolute Gasteiger partial charge is 0.264 e. The van der Waals surface area contributed by atoms with Gasteiger partial charge in [-0.1, -0.05) is 18.2 Å². The maximum atomic E-state index is 12.7. The van der Waals surface area contributed by atoms with Gasteiger partial charge in [0.25, 0.3) is 11.8 Å². The van der Waals surface area contributed by atoms with Crippen molar-refractivity contribution in [3.8, 4) is 16.9 Å². The molecule has 1 aliphatic rings. The minimum absolute atomic E-state index is 0.0579. The molecule has 0 aliphatic carbocycles. The summed E-state index contributed by atoms with van der Waals surface area (Å²) < 4.78 is 27.6. The van der Waals surface area contributed by atoms with Crippen molar-refractivity contribution in [1.82, 2.24) is 10.4 Å². The molecular weight excluding hydrogens is 408 g/mol. The third kappa shape index (κ3) is 3.90. The Morgan fingerprint density at radius 2 is 1.83 bits per heavy atom. The number of carbonyl (C=O) groups is 2. The Morgan fingerprint density at radius 3 is 2.40 bits per heavy atom. The van der Waals surface area contributed by atoms with Gasteiger partial charge in [0, 0.05) is 24.9 Å². The average Bonchev–Trinajstić information content (AvgIpc) is 3.05. The van der Waals surface area contributed by atoms with E-state index in [9.17, 15) is 18.0 Å². The molecule has 0 radical (unpaired) electrons. The van der Waals surface area contributed by atoms with Crippen molar-refractivity contribution in [1.29, 1.82) is 0 Å². The zero-order valence-corrected chi connectivity index (χ0v) is 17.8. The lowest BCUT2D eigenvalue weighted by molar-refractivity contribution is -0.131. The Hall–Kier alpha value is -2.91. The van der Waals surface area contributed by atoms with Crippen LogP contribution in [0.1, 0.15) is 29.3 Å². The number of carbonyl (C=O) groups excluding carboxylic acids is 2. The van der Waals surface area contributed by atoms with E-state index in [4.69, 9.17) is 9.94 Å². The van der Waals surface area contributed by atoms with Crippen molar-refractivity contribution in [2.45, 2.75) is 24.6 Å². The maximum absolute atomic E-state index is 12.7. The van der Waals surface area contributed by atoms with Crippen LogP contribution in [-0.4, -0.2) is 55.0 Å². The lowest BCUT2D eigenvalue weighted by Gasteiger charge is -2.27. The van der Waals surface area contributed by atoms with Crippen molar-refractivity contribution >= 4 is 21.7 Å². The predicted molar refractivity (Wildman–Crippen MR) is 111 cm³/mol. The average molecular weight is 432 g/mol. The molecular formula is C21H24N2O6S. The van der Waals surface area contributed by atoms with Gasteiger partial charge in [0.05, 0.1) is 7.11 Å². The van der Waals surface area contributed by atoms with Crippen molar-refractivity contribution in [3.63, 3.8) is 0 Å². The second kappa shape index (κ2) is 8.08. The van der Waals surface area contributed by atoms with Gasteiger partial charge >= 0.3 is 0 Å². The Balaban J connectivity index is 1.79. The molecule has 1 aliphatic heterocycles. The van der Waals surface area contributed by atoms with Crippen LogP contribution in [0.2, 0.25) is 0 Å². The normalized spacial score (nSPS) is 15.5. The third-order valence-electron chi connectivity index (χ3n) is 5.67. The van der Waals surface area contributed by atoms with Crippen LogP contribution >= 0.6 is 0 Å². The molecule has 30 heavy (non-hydrogen) atoms. The number of fused-ring (bicyclic) bond motifs is 1. The zero-order valence-electron chi connectivity index (χ0n) is 17.0. The topological polar surface area (TPSA) is 113 Å². The summed E-state index contributed by atoms with van der Waals surface area (Å²) in [7, 11) is -2.22. The monoisotopic (exact) mass is 432 g/mol. The number of amides is 2. The fraction of sp³-hybridized carbons (Fsp3) is 0.333. The van der Waals surface area contributed by atoms with Crippen LogP contribution in [0, 0.1) is 0 Å². The summed E-state index contributed by atoms with van der Waals surface area (Å²) in [4.78, 5) is 26.2. The van der Waals surface area contributed by atoms with Gasteiger partial charge in [-0.25, -0.2) is 13.9 Å². The van der Waals surface area contributed by atoms with Crippen LogP contribution in [0.4, 0.5) is 0 Å². The summed E-state index contributed by atoms with van der Waals surface area (Å²) in [5, 5.41) is 8.94. The van der Waals surface area contributed by atoms with Crippen LogP contribution in [-0.2, 0) is 21.2 Å². The van der Waals surface area contributed by atoms with Gasteiger partial charge in [-0.3, -0.25) is 14.8 Å². The number of hydrogen-bond donors (Lipinski definition) is 2. The van der Waals surface area contributed by atoms with Crippen LogP contribution in [0.15, 0.2) is 42.5 Å². The molecule has 0 fully saturated rings. The van der Waals surface area contributed by atoms with Gasteiger partial charge in [-0.05, 0) is 54.3 Å². The standard InChI is InChI=1S/C21H24N2O6S/c1-21(20(25)22-26,30(3,27)28)10-11-23-13-16-12-15(6-9-18(16)19(23)24)14-4-7-17(29-2)8-5-14/h4-9,12,26H,10-11,13H2,1-3H3,(H,22,25)/t21-/m1/s1. The molecule has 160 valence electrons. The highest BCUT2D eigenvalue weighted by Gasteiger charge is 2.44. The summed E-state index contributed by atoms with van der Waals surface area (Å²) in [6.07, 6.45) is 0.799.